The molecular formula is C14H15F3N2. The highest BCUT2D eigenvalue weighted by atomic mass is 19.4. The second-order valence-electron chi connectivity index (χ2n) is 5.22. The van der Waals surface area contributed by atoms with Gasteiger partial charge in [-0.05, 0) is 30.5 Å². The van der Waals surface area contributed by atoms with Gasteiger partial charge in [-0.3, -0.25) is 0 Å². The number of alkyl halides is 3. The van der Waals surface area contributed by atoms with Crippen molar-refractivity contribution in [2.24, 2.45) is 5.92 Å². The predicted molar refractivity (Wildman–Crippen MR) is 66.9 cm³/mol. The Bertz CT molecular complexity index is 600. The highest BCUT2D eigenvalue weighted by Gasteiger charge is 2.38. The van der Waals surface area contributed by atoms with Crippen molar-refractivity contribution >= 4 is 11.0 Å². The van der Waals surface area contributed by atoms with Crippen LogP contribution in [0.25, 0.3) is 11.0 Å². The van der Waals surface area contributed by atoms with E-state index in [0.717, 1.165) is 23.9 Å². The van der Waals surface area contributed by atoms with E-state index < -0.39 is 12.7 Å². The van der Waals surface area contributed by atoms with Crippen LogP contribution in [0.3, 0.4) is 0 Å². The SMILES string of the molecule is CC[C@H]1C[C@@H]1c1ccc2ccn(CC(F)(F)F)c2n1. The standard InChI is InChI=1S/C14H15F3N2/c1-2-9-7-11(9)12-4-3-10-5-6-19(13(10)18-12)8-14(15,16)17/h3-6,9,11H,2,7-8H2,1H3/t9-,11-/m0/s1. The zero-order valence-electron chi connectivity index (χ0n) is 10.6. The molecule has 2 nitrogen and oxygen atoms in total. The van der Waals surface area contributed by atoms with E-state index >= 15 is 0 Å². The number of rotatable bonds is 3. The maximum absolute atomic E-state index is 12.5. The number of fused-ring (bicyclic) bond motifs is 1. The Labute approximate surface area is 109 Å². The summed E-state index contributed by atoms with van der Waals surface area (Å²) in [6, 6.07) is 5.50. The summed E-state index contributed by atoms with van der Waals surface area (Å²) in [6.07, 6.45) is -0.544. The maximum atomic E-state index is 12.5. The van der Waals surface area contributed by atoms with Gasteiger partial charge >= 0.3 is 6.18 Å². The number of hydrogen-bond acceptors (Lipinski definition) is 1. The van der Waals surface area contributed by atoms with Crippen molar-refractivity contribution in [2.75, 3.05) is 0 Å². The molecule has 102 valence electrons. The van der Waals surface area contributed by atoms with E-state index in [1.165, 1.54) is 10.8 Å². The highest BCUT2D eigenvalue weighted by molar-refractivity contribution is 5.76. The zero-order chi connectivity index (χ0) is 13.6. The molecule has 2 heterocycles. The Hall–Kier alpha value is -1.52. The minimum Gasteiger partial charge on any atom is -0.323 e. The van der Waals surface area contributed by atoms with Crippen LogP contribution in [0, 0.1) is 5.92 Å². The van der Waals surface area contributed by atoms with E-state index in [-0.39, 0.29) is 0 Å². The molecule has 0 spiro atoms. The molecule has 0 N–H and O–H groups in total. The van der Waals surface area contributed by atoms with Crippen molar-refractivity contribution < 1.29 is 13.2 Å². The van der Waals surface area contributed by atoms with Crippen LogP contribution in [0.15, 0.2) is 24.4 Å². The highest BCUT2D eigenvalue weighted by Crippen LogP contribution is 2.48. The van der Waals surface area contributed by atoms with Gasteiger partial charge in [-0.25, -0.2) is 4.98 Å². The van der Waals surface area contributed by atoms with Crippen LogP contribution in [0.1, 0.15) is 31.4 Å². The van der Waals surface area contributed by atoms with Crippen molar-refractivity contribution in [3.63, 3.8) is 0 Å². The van der Waals surface area contributed by atoms with E-state index in [9.17, 15) is 13.2 Å². The molecule has 5 heteroatoms. The molecule has 2 aromatic rings. The molecule has 19 heavy (non-hydrogen) atoms. The first kappa shape index (κ1) is 12.5. The maximum Gasteiger partial charge on any atom is 0.406 e. The Morgan fingerprint density at radius 2 is 2.11 bits per heavy atom. The third-order valence-corrected chi connectivity index (χ3v) is 3.81. The fourth-order valence-electron chi connectivity index (χ4n) is 2.66. The molecule has 0 amide bonds. The van der Waals surface area contributed by atoms with E-state index in [4.69, 9.17) is 0 Å². The van der Waals surface area contributed by atoms with Gasteiger partial charge in [0.15, 0.2) is 0 Å². The van der Waals surface area contributed by atoms with Gasteiger partial charge in [0.05, 0.1) is 0 Å². The molecule has 0 bridgehead atoms. The van der Waals surface area contributed by atoms with Gasteiger partial charge in [0.2, 0.25) is 0 Å². The summed E-state index contributed by atoms with van der Waals surface area (Å²) in [5.74, 6) is 1.08. The van der Waals surface area contributed by atoms with Gasteiger partial charge in [-0.2, -0.15) is 13.2 Å². The van der Waals surface area contributed by atoms with Crippen LogP contribution >= 0.6 is 0 Å². The average molecular weight is 268 g/mol. The Morgan fingerprint density at radius 3 is 2.74 bits per heavy atom. The quantitative estimate of drug-likeness (QED) is 0.819. The first-order chi connectivity index (χ1) is 8.98. The van der Waals surface area contributed by atoms with Crippen LogP contribution in [-0.4, -0.2) is 15.7 Å². The lowest BCUT2D eigenvalue weighted by Crippen LogP contribution is -2.17. The molecule has 1 fully saturated rings. The second kappa shape index (κ2) is 4.25. The summed E-state index contributed by atoms with van der Waals surface area (Å²) in [7, 11) is 0. The minimum atomic E-state index is -4.21. The molecular weight excluding hydrogens is 253 g/mol. The summed E-state index contributed by atoms with van der Waals surface area (Å²) in [5, 5.41) is 0.765. The van der Waals surface area contributed by atoms with Crippen molar-refractivity contribution in [1.82, 2.24) is 9.55 Å². The van der Waals surface area contributed by atoms with Gasteiger partial charge in [-0.15, -0.1) is 0 Å². The van der Waals surface area contributed by atoms with Crippen LogP contribution in [0.2, 0.25) is 0 Å². The van der Waals surface area contributed by atoms with Crippen LogP contribution in [-0.2, 0) is 6.54 Å². The van der Waals surface area contributed by atoms with Crippen LogP contribution in [0.5, 0.6) is 0 Å². The lowest BCUT2D eigenvalue weighted by molar-refractivity contribution is -0.139. The molecule has 3 rings (SSSR count). The van der Waals surface area contributed by atoms with Crippen molar-refractivity contribution in [3.05, 3.63) is 30.1 Å². The molecule has 1 aliphatic rings. The van der Waals surface area contributed by atoms with Crippen molar-refractivity contribution in [3.8, 4) is 0 Å². The summed E-state index contributed by atoms with van der Waals surface area (Å²) >= 11 is 0. The number of halogens is 3. The van der Waals surface area contributed by atoms with E-state index in [2.05, 4.69) is 11.9 Å². The third-order valence-electron chi connectivity index (χ3n) is 3.81. The van der Waals surface area contributed by atoms with E-state index in [0.29, 0.717) is 17.5 Å². The lowest BCUT2D eigenvalue weighted by atomic mass is 10.2. The Kier molecular flexibility index (Phi) is 2.80. The first-order valence-corrected chi connectivity index (χ1v) is 6.50. The number of nitrogens with zero attached hydrogens (tertiary/aromatic N) is 2. The molecule has 1 aliphatic carbocycles. The van der Waals surface area contributed by atoms with Gasteiger partial charge < -0.3 is 4.57 Å². The van der Waals surface area contributed by atoms with Gasteiger partial charge in [0.1, 0.15) is 12.2 Å². The second-order valence-corrected chi connectivity index (χ2v) is 5.22. The lowest BCUT2D eigenvalue weighted by Gasteiger charge is -2.09. The van der Waals surface area contributed by atoms with E-state index in [1.54, 1.807) is 6.07 Å². The van der Waals surface area contributed by atoms with Crippen LogP contribution < -0.4 is 0 Å². The fourth-order valence-corrected chi connectivity index (χ4v) is 2.66. The molecule has 0 aliphatic heterocycles. The van der Waals surface area contributed by atoms with Crippen molar-refractivity contribution in [2.45, 2.75) is 38.4 Å². The first-order valence-electron chi connectivity index (χ1n) is 6.50. The summed E-state index contributed by atoms with van der Waals surface area (Å²) in [5.41, 5.74) is 1.37. The zero-order valence-corrected chi connectivity index (χ0v) is 10.6. The average Bonchev–Trinajstić information content (AvgIpc) is 3.04. The molecule has 0 radical (unpaired) electrons. The molecule has 2 aromatic heterocycles. The fraction of sp³-hybridized carbons (Fsp3) is 0.500. The molecule has 1 saturated carbocycles. The number of hydrogen-bond donors (Lipinski definition) is 0. The predicted octanol–water partition coefficient (Wildman–Crippen LogP) is 4.11. The Balaban J connectivity index is 1.94. The topological polar surface area (TPSA) is 17.8 Å². The van der Waals surface area contributed by atoms with Gasteiger partial charge in [-0.1, -0.05) is 13.3 Å². The summed E-state index contributed by atoms with van der Waals surface area (Å²) in [6.45, 7) is 1.16. The van der Waals surface area contributed by atoms with Crippen molar-refractivity contribution in [1.29, 1.82) is 0 Å². The van der Waals surface area contributed by atoms with Gasteiger partial charge in [0.25, 0.3) is 0 Å². The summed E-state index contributed by atoms with van der Waals surface area (Å²) < 4.78 is 38.6. The monoisotopic (exact) mass is 268 g/mol. The van der Waals surface area contributed by atoms with Crippen LogP contribution in [0.4, 0.5) is 13.2 Å². The minimum absolute atomic E-state index is 0.434. The molecule has 0 aromatic carbocycles. The third kappa shape index (κ3) is 2.46. The number of pyridine rings is 1. The Morgan fingerprint density at radius 1 is 1.32 bits per heavy atom. The van der Waals surface area contributed by atoms with Gasteiger partial charge in [0, 0.05) is 23.2 Å². The smallest absolute Gasteiger partial charge is 0.323 e. The number of aromatic nitrogens is 2. The molecule has 2 atom stereocenters. The normalized spacial score (nSPS) is 22.9. The van der Waals surface area contributed by atoms with E-state index in [1.807, 2.05) is 12.1 Å². The summed E-state index contributed by atoms with van der Waals surface area (Å²) in [4.78, 5) is 4.44. The molecule has 0 saturated heterocycles. The molecule has 0 unspecified atom stereocenters. The largest absolute Gasteiger partial charge is 0.406 e.